The summed E-state index contributed by atoms with van der Waals surface area (Å²) in [6.07, 6.45) is 1.90. The Morgan fingerprint density at radius 3 is 2.14 bits per heavy atom. The maximum absolute atomic E-state index is 12.4. The van der Waals surface area contributed by atoms with Gasteiger partial charge in [-0.25, -0.2) is 0 Å². The molecule has 110 valence electrons. The lowest BCUT2D eigenvalue weighted by atomic mass is 9.85. The van der Waals surface area contributed by atoms with Gasteiger partial charge in [-0.05, 0) is 16.7 Å². The summed E-state index contributed by atoms with van der Waals surface area (Å²) in [4.78, 5) is 24.1. The molecule has 4 heteroatoms. The zero-order valence-corrected chi connectivity index (χ0v) is 11.9. The van der Waals surface area contributed by atoms with Crippen LogP contribution in [-0.4, -0.2) is 11.8 Å². The van der Waals surface area contributed by atoms with Crippen LogP contribution >= 0.6 is 0 Å². The molecular formula is C18H16N2O2. The first-order valence-electron chi connectivity index (χ1n) is 7.08. The Balaban J connectivity index is 2.08. The number of carbonyl (C=O) groups excluding carboxylic acids is 2. The summed E-state index contributed by atoms with van der Waals surface area (Å²) >= 11 is 0. The molecule has 0 bridgehead atoms. The van der Waals surface area contributed by atoms with E-state index < -0.39 is 11.8 Å². The summed E-state index contributed by atoms with van der Waals surface area (Å²) in [5, 5.41) is 2.85. The van der Waals surface area contributed by atoms with Gasteiger partial charge in [-0.15, -0.1) is 0 Å². The molecular weight excluding hydrogens is 276 g/mol. The van der Waals surface area contributed by atoms with E-state index in [1.807, 2.05) is 66.7 Å². The van der Waals surface area contributed by atoms with Crippen LogP contribution in [0.3, 0.4) is 0 Å². The van der Waals surface area contributed by atoms with Crippen molar-refractivity contribution in [3.05, 3.63) is 77.9 Å². The molecule has 1 aliphatic rings. The average Bonchev–Trinajstić information content (AvgIpc) is 2.55. The molecule has 22 heavy (non-hydrogen) atoms. The van der Waals surface area contributed by atoms with Gasteiger partial charge in [0.05, 0.1) is 6.04 Å². The zero-order valence-electron chi connectivity index (χ0n) is 11.9. The molecule has 0 saturated carbocycles. The molecule has 0 spiro atoms. The first-order valence-corrected chi connectivity index (χ1v) is 7.08. The number of primary amides is 1. The molecule has 3 rings (SSSR count). The highest BCUT2D eigenvalue weighted by Crippen LogP contribution is 2.32. The van der Waals surface area contributed by atoms with Gasteiger partial charge in [0, 0.05) is 0 Å². The van der Waals surface area contributed by atoms with E-state index in [0.717, 1.165) is 11.1 Å². The fourth-order valence-electron chi connectivity index (χ4n) is 2.71. The van der Waals surface area contributed by atoms with Crippen molar-refractivity contribution in [2.45, 2.75) is 6.04 Å². The SMILES string of the molecule is NC(=O)[C@@H]1C(=O)N[C@H](c2ccccc2)C=C1c1ccccc1. The van der Waals surface area contributed by atoms with Crippen LogP contribution < -0.4 is 11.1 Å². The lowest BCUT2D eigenvalue weighted by Gasteiger charge is -2.28. The smallest absolute Gasteiger partial charge is 0.237 e. The molecule has 2 aromatic carbocycles. The number of carbonyl (C=O) groups is 2. The third kappa shape index (κ3) is 2.63. The van der Waals surface area contributed by atoms with E-state index in [1.165, 1.54) is 0 Å². The topological polar surface area (TPSA) is 72.2 Å². The molecule has 2 aromatic rings. The Labute approximate surface area is 128 Å². The highest BCUT2D eigenvalue weighted by molar-refractivity contribution is 6.11. The van der Waals surface area contributed by atoms with E-state index >= 15 is 0 Å². The normalized spacial score (nSPS) is 20.9. The van der Waals surface area contributed by atoms with E-state index in [1.54, 1.807) is 0 Å². The Morgan fingerprint density at radius 2 is 1.55 bits per heavy atom. The van der Waals surface area contributed by atoms with Gasteiger partial charge in [0.25, 0.3) is 0 Å². The number of nitrogens with one attached hydrogen (secondary N) is 1. The minimum Gasteiger partial charge on any atom is -0.369 e. The van der Waals surface area contributed by atoms with Crippen molar-refractivity contribution < 1.29 is 9.59 Å². The van der Waals surface area contributed by atoms with Crippen LogP contribution in [0, 0.1) is 5.92 Å². The van der Waals surface area contributed by atoms with Crippen LogP contribution in [0.15, 0.2) is 66.7 Å². The summed E-state index contributed by atoms with van der Waals surface area (Å²) in [5.74, 6) is -1.95. The van der Waals surface area contributed by atoms with Crippen LogP contribution in [0.1, 0.15) is 17.2 Å². The predicted octanol–water partition coefficient (Wildman–Crippen LogP) is 2.04. The van der Waals surface area contributed by atoms with E-state index in [9.17, 15) is 9.59 Å². The van der Waals surface area contributed by atoms with Crippen LogP contribution in [0.2, 0.25) is 0 Å². The van der Waals surface area contributed by atoms with Gasteiger partial charge in [-0.1, -0.05) is 66.7 Å². The van der Waals surface area contributed by atoms with Crippen LogP contribution in [0.25, 0.3) is 5.57 Å². The minimum absolute atomic E-state index is 0.264. The molecule has 0 unspecified atom stereocenters. The Kier molecular flexibility index (Phi) is 3.74. The first-order chi connectivity index (χ1) is 10.7. The van der Waals surface area contributed by atoms with Crippen molar-refractivity contribution >= 4 is 17.4 Å². The molecule has 2 amide bonds. The molecule has 0 fully saturated rings. The van der Waals surface area contributed by atoms with E-state index in [4.69, 9.17) is 5.73 Å². The minimum atomic E-state index is -0.956. The number of hydrogen-bond donors (Lipinski definition) is 2. The van der Waals surface area contributed by atoms with Gasteiger partial charge in [0.1, 0.15) is 5.92 Å². The van der Waals surface area contributed by atoms with Crippen molar-refractivity contribution in [2.24, 2.45) is 11.7 Å². The van der Waals surface area contributed by atoms with Gasteiger partial charge in [-0.3, -0.25) is 9.59 Å². The van der Waals surface area contributed by atoms with E-state index in [-0.39, 0.29) is 11.9 Å². The van der Waals surface area contributed by atoms with Crippen molar-refractivity contribution in [1.29, 1.82) is 0 Å². The molecule has 0 radical (unpaired) electrons. The molecule has 1 heterocycles. The van der Waals surface area contributed by atoms with Gasteiger partial charge in [0.2, 0.25) is 11.8 Å². The first kappa shape index (κ1) is 14.1. The molecule has 4 nitrogen and oxygen atoms in total. The van der Waals surface area contributed by atoms with E-state index in [0.29, 0.717) is 5.57 Å². The summed E-state index contributed by atoms with van der Waals surface area (Å²) < 4.78 is 0. The highest BCUT2D eigenvalue weighted by atomic mass is 16.2. The molecule has 2 atom stereocenters. The Bertz CT molecular complexity index is 723. The third-order valence-electron chi connectivity index (χ3n) is 3.77. The molecule has 3 N–H and O–H groups in total. The monoisotopic (exact) mass is 292 g/mol. The standard InChI is InChI=1S/C18H16N2O2/c19-17(21)16-14(12-7-3-1-4-8-12)11-15(20-18(16)22)13-9-5-2-6-10-13/h1-11,15-16H,(H2,19,21)(H,20,22)/t15-,16+/m0/s1. The fraction of sp³-hybridized carbons (Fsp3) is 0.111. The van der Waals surface area contributed by atoms with Crippen molar-refractivity contribution in [3.63, 3.8) is 0 Å². The largest absolute Gasteiger partial charge is 0.369 e. The van der Waals surface area contributed by atoms with Gasteiger partial charge < -0.3 is 11.1 Å². The Morgan fingerprint density at radius 1 is 0.955 bits per heavy atom. The second kappa shape index (κ2) is 5.85. The molecule has 0 aliphatic carbocycles. The van der Waals surface area contributed by atoms with Gasteiger partial charge >= 0.3 is 0 Å². The Hall–Kier alpha value is -2.88. The predicted molar refractivity (Wildman–Crippen MR) is 84.4 cm³/mol. The van der Waals surface area contributed by atoms with Crippen molar-refractivity contribution in [2.75, 3.05) is 0 Å². The second-order valence-corrected chi connectivity index (χ2v) is 5.22. The highest BCUT2D eigenvalue weighted by Gasteiger charge is 2.35. The zero-order chi connectivity index (χ0) is 15.5. The van der Waals surface area contributed by atoms with Crippen molar-refractivity contribution in [1.82, 2.24) is 5.32 Å². The summed E-state index contributed by atoms with van der Waals surface area (Å²) in [6, 6.07) is 18.8. The number of amides is 2. The lowest BCUT2D eigenvalue weighted by Crippen LogP contribution is -2.44. The number of nitrogens with two attached hydrogens (primary N) is 1. The fourth-order valence-corrected chi connectivity index (χ4v) is 2.71. The quantitative estimate of drug-likeness (QED) is 0.850. The maximum Gasteiger partial charge on any atom is 0.237 e. The summed E-state index contributed by atoms with van der Waals surface area (Å²) in [5.41, 5.74) is 7.89. The van der Waals surface area contributed by atoms with Crippen LogP contribution in [0.4, 0.5) is 0 Å². The summed E-state index contributed by atoms with van der Waals surface area (Å²) in [7, 11) is 0. The molecule has 0 saturated heterocycles. The van der Waals surface area contributed by atoms with Gasteiger partial charge in [-0.2, -0.15) is 0 Å². The van der Waals surface area contributed by atoms with Gasteiger partial charge in [0.15, 0.2) is 0 Å². The van der Waals surface area contributed by atoms with Crippen LogP contribution in [0.5, 0.6) is 0 Å². The average molecular weight is 292 g/mol. The lowest BCUT2D eigenvalue weighted by molar-refractivity contribution is -0.131. The number of hydrogen-bond acceptors (Lipinski definition) is 2. The van der Waals surface area contributed by atoms with Crippen molar-refractivity contribution in [3.8, 4) is 0 Å². The third-order valence-corrected chi connectivity index (χ3v) is 3.77. The maximum atomic E-state index is 12.4. The van der Waals surface area contributed by atoms with E-state index in [2.05, 4.69) is 5.32 Å². The molecule has 0 aromatic heterocycles. The molecule has 1 aliphatic heterocycles. The second-order valence-electron chi connectivity index (χ2n) is 5.22. The number of benzene rings is 2. The summed E-state index contributed by atoms with van der Waals surface area (Å²) in [6.45, 7) is 0. The van der Waals surface area contributed by atoms with Crippen LogP contribution in [-0.2, 0) is 9.59 Å². The number of rotatable bonds is 3.